The Labute approximate surface area is 106 Å². The molecule has 0 saturated carbocycles. The van der Waals surface area contributed by atoms with Gasteiger partial charge in [-0.3, -0.25) is 0 Å². The second-order valence-corrected chi connectivity index (χ2v) is 4.74. The lowest BCUT2D eigenvalue weighted by Crippen LogP contribution is -2.15. The number of alkyl halides is 2. The summed E-state index contributed by atoms with van der Waals surface area (Å²) in [4.78, 5) is 0. The lowest BCUT2D eigenvalue weighted by molar-refractivity contribution is 0.0717. The van der Waals surface area contributed by atoms with E-state index in [1.165, 1.54) is 0 Å². The molecule has 0 aliphatic carbocycles. The second-order valence-electron chi connectivity index (χ2n) is 2.87. The molecule has 0 amide bonds. The molecule has 0 N–H and O–H groups in total. The zero-order valence-corrected chi connectivity index (χ0v) is 11.5. The minimum absolute atomic E-state index is 0.0836. The van der Waals surface area contributed by atoms with E-state index in [-0.39, 0.29) is 6.10 Å². The standard InChI is InChI=1S/C10H11Br2ClO/c11-5-10(6-13)14-7-8-1-3-9(12)4-2-8/h1-4,10H,5-7H2. The van der Waals surface area contributed by atoms with Crippen molar-refractivity contribution in [3.63, 3.8) is 0 Å². The van der Waals surface area contributed by atoms with Gasteiger partial charge in [0.1, 0.15) is 0 Å². The first kappa shape index (κ1) is 12.5. The van der Waals surface area contributed by atoms with E-state index in [4.69, 9.17) is 16.3 Å². The molecule has 0 heterocycles. The van der Waals surface area contributed by atoms with Gasteiger partial charge in [0, 0.05) is 15.7 Å². The molecule has 0 aromatic heterocycles. The smallest absolute Gasteiger partial charge is 0.0811 e. The van der Waals surface area contributed by atoms with Crippen LogP contribution in [0.1, 0.15) is 5.56 Å². The van der Waals surface area contributed by atoms with Crippen molar-refractivity contribution < 1.29 is 4.74 Å². The number of halogens is 3. The van der Waals surface area contributed by atoms with Crippen molar-refractivity contribution in [1.82, 2.24) is 0 Å². The summed E-state index contributed by atoms with van der Waals surface area (Å²) in [6.07, 6.45) is 0.0836. The molecule has 1 rings (SSSR count). The third-order valence-corrected chi connectivity index (χ3v) is 3.34. The third-order valence-electron chi connectivity index (χ3n) is 1.74. The van der Waals surface area contributed by atoms with Crippen molar-refractivity contribution in [3.8, 4) is 0 Å². The van der Waals surface area contributed by atoms with Crippen molar-refractivity contribution in [1.29, 1.82) is 0 Å². The van der Waals surface area contributed by atoms with Gasteiger partial charge >= 0.3 is 0 Å². The first-order valence-corrected chi connectivity index (χ1v) is 6.69. The molecule has 0 spiro atoms. The van der Waals surface area contributed by atoms with E-state index in [1.807, 2.05) is 24.3 Å². The van der Waals surface area contributed by atoms with E-state index in [1.54, 1.807) is 0 Å². The van der Waals surface area contributed by atoms with Crippen molar-refractivity contribution in [2.75, 3.05) is 11.2 Å². The average Bonchev–Trinajstić information content (AvgIpc) is 2.22. The maximum absolute atomic E-state index is 5.70. The maximum Gasteiger partial charge on any atom is 0.0811 e. The van der Waals surface area contributed by atoms with Crippen LogP contribution in [0.25, 0.3) is 0 Å². The van der Waals surface area contributed by atoms with Gasteiger partial charge in [-0.25, -0.2) is 0 Å². The first-order valence-electron chi connectivity index (χ1n) is 4.24. The topological polar surface area (TPSA) is 9.23 Å². The van der Waals surface area contributed by atoms with E-state index >= 15 is 0 Å². The number of hydrogen-bond donors (Lipinski definition) is 0. The van der Waals surface area contributed by atoms with Gasteiger partial charge in [0.2, 0.25) is 0 Å². The minimum atomic E-state index is 0.0836. The predicted molar refractivity (Wildman–Crippen MR) is 67.2 cm³/mol. The van der Waals surface area contributed by atoms with E-state index in [0.717, 1.165) is 15.4 Å². The summed E-state index contributed by atoms with van der Waals surface area (Å²) in [6.45, 7) is 0.607. The highest BCUT2D eigenvalue weighted by atomic mass is 79.9. The molecule has 1 aromatic rings. The van der Waals surface area contributed by atoms with Crippen LogP contribution in [0.15, 0.2) is 28.7 Å². The summed E-state index contributed by atoms with van der Waals surface area (Å²) >= 11 is 12.4. The summed E-state index contributed by atoms with van der Waals surface area (Å²) < 4.78 is 6.65. The van der Waals surface area contributed by atoms with E-state index in [9.17, 15) is 0 Å². The van der Waals surface area contributed by atoms with Gasteiger partial charge < -0.3 is 4.74 Å². The normalized spacial score (nSPS) is 12.8. The van der Waals surface area contributed by atoms with E-state index in [2.05, 4.69) is 31.9 Å². The van der Waals surface area contributed by atoms with Crippen LogP contribution in [0.3, 0.4) is 0 Å². The van der Waals surface area contributed by atoms with Gasteiger partial charge in [0.05, 0.1) is 12.7 Å². The van der Waals surface area contributed by atoms with Gasteiger partial charge in [0.25, 0.3) is 0 Å². The largest absolute Gasteiger partial charge is 0.371 e. The van der Waals surface area contributed by atoms with Crippen LogP contribution in [0.4, 0.5) is 0 Å². The average molecular weight is 342 g/mol. The maximum atomic E-state index is 5.70. The molecule has 14 heavy (non-hydrogen) atoms. The quantitative estimate of drug-likeness (QED) is 0.736. The molecule has 4 heteroatoms. The highest BCUT2D eigenvalue weighted by Gasteiger charge is 2.05. The Morgan fingerprint density at radius 1 is 1.29 bits per heavy atom. The van der Waals surface area contributed by atoms with Crippen LogP contribution in [0.5, 0.6) is 0 Å². The van der Waals surface area contributed by atoms with Gasteiger partial charge in [0.15, 0.2) is 0 Å². The highest BCUT2D eigenvalue weighted by Crippen LogP contribution is 2.12. The molecule has 0 bridgehead atoms. The molecule has 1 aromatic carbocycles. The van der Waals surface area contributed by atoms with Gasteiger partial charge in [-0.1, -0.05) is 44.0 Å². The number of benzene rings is 1. The Morgan fingerprint density at radius 2 is 1.93 bits per heavy atom. The Hall–Kier alpha value is 0.430. The summed E-state index contributed by atoms with van der Waals surface area (Å²) in [5.41, 5.74) is 1.16. The molecule has 78 valence electrons. The minimum Gasteiger partial charge on any atom is -0.371 e. The molecular weight excluding hydrogens is 331 g/mol. The molecule has 0 aliphatic heterocycles. The summed E-state index contributed by atoms with van der Waals surface area (Å²) in [5.74, 6) is 0.516. The van der Waals surface area contributed by atoms with Crippen LogP contribution in [0.2, 0.25) is 0 Å². The van der Waals surface area contributed by atoms with E-state index < -0.39 is 0 Å². The molecule has 0 aliphatic rings. The van der Waals surface area contributed by atoms with Crippen molar-refractivity contribution in [2.24, 2.45) is 0 Å². The van der Waals surface area contributed by atoms with Crippen LogP contribution in [0, 0.1) is 0 Å². The number of hydrogen-bond acceptors (Lipinski definition) is 1. The Bertz CT molecular complexity index is 259. The monoisotopic (exact) mass is 340 g/mol. The zero-order valence-electron chi connectivity index (χ0n) is 7.55. The predicted octanol–water partition coefficient (Wildman–Crippen LogP) is 3.97. The highest BCUT2D eigenvalue weighted by molar-refractivity contribution is 9.10. The summed E-state index contributed by atoms with van der Waals surface area (Å²) in [6, 6.07) is 8.07. The van der Waals surface area contributed by atoms with Crippen molar-refractivity contribution in [2.45, 2.75) is 12.7 Å². The van der Waals surface area contributed by atoms with Gasteiger partial charge in [-0.05, 0) is 17.7 Å². The molecule has 1 atom stereocenters. The molecule has 1 nitrogen and oxygen atoms in total. The van der Waals surface area contributed by atoms with Crippen LogP contribution in [-0.2, 0) is 11.3 Å². The first-order chi connectivity index (χ1) is 6.76. The fourth-order valence-electron chi connectivity index (χ4n) is 0.925. The van der Waals surface area contributed by atoms with Gasteiger partial charge in [-0.2, -0.15) is 0 Å². The van der Waals surface area contributed by atoms with Crippen LogP contribution >= 0.6 is 43.5 Å². The molecule has 0 radical (unpaired) electrons. The van der Waals surface area contributed by atoms with E-state index in [0.29, 0.717) is 12.5 Å². The molecule has 0 fully saturated rings. The molecular formula is C10H11Br2ClO. The second kappa shape index (κ2) is 6.83. The lowest BCUT2D eigenvalue weighted by Gasteiger charge is -2.11. The molecule has 0 saturated heterocycles. The van der Waals surface area contributed by atoms with Gasteiger partial charge in [-0.15, -0.1) is 11.6 Å². The Kier molecular flexibility index (Phi) is 6.10. The SMILES string of the molecule is ClCC(CBr)OCc1ccc(Br)cc1. The van der Waals surface area contributed by atoms with Crippen LogP contribution < -0.4 is 0 Å². The number of ether oxygens (including phenoxy) is 1. The fraction of sp³-hybridized carbons (Fsp3) is 0.400. The summed E-state index contributed by atoms with van der Waals surface area (Å²) in [7, 11) is 0. The van der Waals surface area contributed by atoms with Crippen molar-refractivity contribution in [3.05, 3.63) is 34.3 Å². The third kappa shape index (κ3) is 4.30. The lowest BCUT2D eigenvalue weighted by atomic mass is 10.2. The molecule has 1 unspecified atom stereocenters. The Balaban J connectivity index is 2.41. The number of rotatable bonds is 5. The van der Waals surface area contributed by atoms with Crippen molar-refractivity contribution >= 4 is 43.5 Å². The zero-order chi connectivity index (χ0) is 10.4. The fourth-order valence-corrected chi connectivity index (χ4v) is 2.07. The Morgan fingerprint density at radius 3 is 2.43 bits per heavy atom. The van der Waals surface area contributed by atoms with Crippen LogP contribution in [-0.4, -0.2) is 17.3 Å². The summed E-state index contributed by atoms with van der Waals surface area (Å²) in [5, 5.41) is 0.771.